The third-order valence-electron chi connectivity index (χ3n) is 2.78. The number of nitrogen functional groups attached to an aromatic ring is 1. The van der Waals surface area contributed by atoms with Crippen LogP contribution in [0.5, 0.6) is 11.5 Å². The standard InChI is InChI=1S/C14H15N3O3S/c1-18-8-13-16-12(15)7-14(17-13)21-9-2-3-10-11(6-9)20-5-4-19-10/h2-3,6-7H,4-5,8H2,1H3,(H2,15,16,17). The molecular weight excluding hydrogens is 290 g/mol. The fraction of sp³-hybridized carbons (Fsp3) is 0.286. The molecule has 7 heteroatoms. The number of anilines is 1. The van der Waals surface area contributed by atoms with E-state index in [1.807, 2.05) is 18.2 Å². The van der Waals surface area contributed by atoms with Gasteiger partial charge >= 0.3 is 0 Å². The van der Waals surface area contributed by atoms with Crippen molar-refractivity contribution in [1.82, 2.24) is 9.97 Å². The van der Waals surface area contributed by atoms with Crippen LogP contribution in [0.3, 0.4) is 0 Å². The summed E-state index contributed by atoms with van der Waals surface area (Å²) in [7, 11) is 1.60. The van der Waals surface area contributed by atoms with Gasteiger partial charge in [-0.25, -0.2) is 9.97 Å². The Bertz CT molecular complexity index is 651. The molecule has 0 bridgehead atoms. The van der Waals surface area contributed by atoms with E-state index in [9.17, 15) is 0 Å². The number of fused-ring (bicyclic) bond motifs is 1. The minimum atomic E-state index is 0.333. The maximum atomic E-state index is 5.79. The van der Waals surface area contributed by atoms with Crippen LogP contribution in [0.15, 0.2) is 34.2 Å². The summed E-state index contributed by atoms with van der Waals surface area (Å²) in [6, 6.07) is 7.54. The summed E-state index contributed by atoms with van der Waals surface area (Å²) in [5.41, 5.74) is 5.79. The van der Waals surface area contributed by atoms with Gasteiger partial charge in [0.25, 0.3) is 0 Å². The molecule has 1 aliphatic rings. The Kier molecular flexibility index (Phi) is 4.12. The molecule has 1 aromatic carbocycles. The summed E-state index contributed by atoms with van der Waals surface area (Å²) in [5.74, 6) is 2.52. The van der Waals surface area contributed by atoms with Crippen molar-refractivity contribution in [2.75, 3.05) is 26.1 Å². The predicted molar refractivity (Wildman–Crippen MR) is 78.7 cm³/mol. The van der Waals surface area contributed by atoms with Gasteiger partial charge in [-0.3, -0.25) is 0 Å². The molecule has 0 fully saturated rings. The number of hydrogen-bond acceptors (Lipinski definition) is 7. The quantitative estimate of drug-likeness (QED) is 0.867. The molecule has 0 atom stereocenters. The molecule has 110 valence electrons. The van der Waals surface area contributed by atoms with Gasteiger partial charge in [0.15, 0.2) is 17.3 Å². The van der Waals surface area contributed by atoms with Crippen LogP contribution in [0.25, 0.3) is 0 Å². The lowest BCUT2D eigenvalue weighted by molar-refractivity contribution is 0.171. The van der Waals surface area contributed by atoms with Crippen molar-refractivity contribution in [3.05, 3.63) is 30.1 Å². The van der Waals surface area contributed by atoms with Crippen molar-refractivity contribution in [2.24, 2.45) is 0 Å². The topological polar surface area (TPSA) is 79.5 Å². The first-order chi connectivity index (χ1) is 10.2. The van der Waals surface area contributed by atoms with Gasteiger partial charge in [-0.05, 0) is 18.2 Å². The van der Waals surface area contributed by atoms with Crippen LogP contribution in [-0.2, 0) is 11.3 Å². The summed E-state index contributed by atoms with van der Waals surface area (Å²) < 4.78 is 16.1. The summed E-state index contributed by atoms with van der Waals surface area (Å²) in [4.78, 5) is 9.53. The highest BCUT2D eigenvalue weighted by Gasteiger charge is 2.13. The lowest BCUT2D eigenvalue weighted by atomic mass is 10.3. The number of nitrogens with zero attached hydrogens (tertiary/aromatic N) is 2. The molecule has 2 N–H and O–H groups in total. The van der Waals surface area contributed by atoms with Crippen LogP contribution in [-0.4, -0.2) is 30.3 Å². The highest BCUT2D eigenvalue weighted by atomic mass is 32.2. The van der Waals surface area contributed by atoms with E-state index in [1.165, 1.54) is 11.8 Å². The second-order valence-electron chi connectivity index (χ2n) is 4.39. The highest BCUT2D eigenvalue weighted by Crippen LogP contribution is 2.36. The predicted octanol–water partition coefficient (Wildman–Crippen LogP) is 2.13. The van der Waals surface area contributed by atoms with Crippen LogP contribution in [0.4, 0.5) is 5.82 Å². The maximum absolute atomic E-state index is 5.79. The fourth-order valence-electron chi connectivity index (χ4n) is 1.95. The van der Waals surface area contributed by atoms with Gasteiger partial charge < -0.3 is 19.9 Å². The number of rotatable bonds is 4. The SMILES string of the molecule is COCc1nc(N)cc(Sc2ccc3c(c2)OCCO3)n1. The lowest BCUT2D eigenvalue weighted by Gasteiger charge is -2.18. The number of aromatic nitrogens is 2. The van der Waals surface area contributed by atoms with Gasteiger partial charge in [0.2, 0.25) is 0 Å². The average Bonchev–Trinajstić information content (AvgIpc) is 2.47. The van der Waals surface area contributed by atoms with Gasteiger partial charge in [-0.1, -0.05) is 11.8 Å². The van der Waals surface area contributed by atoms with Crippen molar-refractivity contribution in [2.45, 2.75) is 16.5 Å². The number of hydrogen-bond donors (Lipinski definition) is 1. The Balaban J connectivity index is 1.83. The van der Waals surface area contributed by atoms with Crippen LogP contribution in [0, 0.1) is 0 Å². The minimum absolute atomic E-state index is 0.333. The van der Waals surface area contributed by atoms with Crippen LogP contribution in [0.2, 0.25) is 0 Å². The van der Waals surface area contributed by atoms with Gasteiger partial charge in [0.1, 0.15) is 30.7 Å². The smallest absolute Gasteiger partial charge is 0.162 e. The largest absolute Gasteiger partial charge is 0.486 e. The molecule has 0 saturated carbocycles. The Morgan fingerprint density at radius 3 is 2.81 bits per heavy atom. The van der Waals surface area contributed by atoms with E-state index in [1.54, 1.807) is 13.2 Å². The second kappa shape index (κ2) is 6.19. The van der Waals surface area contributed by atoms with Crippen molar-refractivity contribution >= 4 is 17.6 Å². The normalized spacial score (nSPS) is 13.2. The maximum Gasteiger partial charge on any atom is 0.162 e. The third kappa shape index (κ3) is 3.37. The molecule has 0 unspecified atom stereocenters. The first-order valence-corrected chi connectivity index (χ1v) is 7.26. The Labute approximate surface area is 126 Å². The van der Waals surface area contributed by atoms with Crippen molar-refractivity contribution in [1.29, 1.82) is 0 Å². The molecule has 0 saturated heterocycles. The molecule has 0 amide bonds. The van der Waals surface area contributed by atoms with E-state index in [0.29, 0.717) is 31.5 Å². The Morgan fingerprint density at radius 2 is 2.00 bits per heavy atom. The van der Waals surface area contributed by atoms with E-state index < -0.39 is 0 Å². The van der Waals surface area contributed by atoms with E-state index >= 15 is 0 Å². The van der Waals surface area contributed by atoms with Crippen LogP contribution < -0.4 is 15.2 Å². The monoisotopic (exact) mass is 305 g/mol. The van der Waals surface area contributed by atoms with E-state index in [4.69, 9.17) is 19.9 Å². The number of ether oxygens (including phenoxy) is 3. The molecule has 0 aliphatic carbocycles. The zero-order valence-corrected chi connectivity index (χ0v) is 12.4. The molecule has 0 radical (unpaired) electrons. The molecule has 1 aromatic heterocycles. The van der Waals surface area contributed by atoms with E-state index in [0.717, 1.165) is 21.4 Å². The molecule has 2 heterocycles. The second-order valence-corrected chi connectivity index (χ2v) is 5.48. The summed E-state index contributed by atoms with van der Waals surface area (Å²) in [6.07, 6.45) is 0. The summed E-state index contributed by atoms with van der Waals surface area (Å²) in [6.45, 7) is 1.49. The van der Waals surface area contributed by atoms with Gasteiger partial charge in [0, 0.05) is 18.1 Å². The minimum Gasteiger partial charge on any atom is -0.486 e. The van der Waals surface area contributed by atoms with Crippen LogP contribution in [0.1, 0.15) is 5.82 Å². The first kappa shape index (κ1) is 14.0. The van der Waals surface area contributed by atoms with E-state index in [-0.39, 0.29) is 0 Å². The molecule has 1 aliphatic heterocycles. The lowest BCUT2D eigenvalue weighted by Crippen LogP contribution is -2.15. The van der Waals surface area contributed by atoms with E-state index in [2.05, 4.69) is 9.97 Å². The zero-order valence-electron chi connectivity index (χ0n) is 11.5. The van der Waals surface area contributed by atoms with Gasteiger partial charge in [-0.2, -0.15) is 0 Å². The number of methoxy groups -OCH3 is 1. The summed E-state index contributed by atoms with van der Waals surface area (Å²) in [5, 5.41) is 0.770. The van der Waals surface area contributed by atoms with Gasteiger partial charge in [-0.15, -0.1) is 0 Å². The number of nitrogens with two attached hydrogens (primary N) is 1. The molecule has 0 spiro atoms. The molecule has 6 nitrogen and oxygen atoms in total. The van der Waals surface area contributed by atoms with Crippen molar-refractivity contribution in [3.63, 3.8) is 0 Å². The molecule has 21 heavy (non-hydrogen) atoms. The summed E-state index contributed by atoms with van der Waals surface area (Å²) >= 11 is 1.49. The first-order valence-electron chi connectivity index (χ1n) is 6.44. The number of benzene rings is 1. The third-order valence-corrected chi connectivity index (χ3v) is 3.69. The highest BCUT2D eigenvalue weighted by molar-refractivity contribution is 7.99. The molecule has 2 aromatic rings. The average molecular weight is 305 g/mol. The van der Waals surface area contributed by atoms with Crippen LogP contribution >= 0.6 is 11.8 Å². The Hall–Kier alpha value is -1.99. The molecule has 3 rings (SSSR count). The Morgan fingerprint density at radius 1 is 1.19 bits per heavy atom. The van der Waals surface area contributed by atoms with Crippen molar-refractivity contribution < 1.29 is 14.2 Å². The zero-order chi connectivity index (χ0) is 14.7. The van der Waals surface area contributed by atoms with Crippen molar-refractivity contribution in [3.8, 4) is 11.5 Å². The van der Waals surface area contributed by atoms with Gasteiger partial charge in [0.05, 0.1) is 0 Å². The molecular formula is C14H15N3O3S. The fourth-order valence-corrected chi connectivity index (χ4v) is 2.82.